The van der Waals surface area contributed by atoms with Gasteiger partial charge in [0.25, 0.3) is 0 Å². The molecule has 0 radical (unpaired) electrons. The predicted octanol–water partition coefficient (Wildman–Crippen LogP) is 17.1. The van der Waals surface area contributed by atoms with Crippen LogP contribution in [0.4, 0.5) is 22.7 Å². The molecular weight excluding hydrogens is 797 g/mol. The van der Waals surface area contributed by atoms with E-state index in [1.165, 1.54) is 67.0 Å². The maximum Gasteiger partial charge on any atom is 0.0702 e. The van der Waals surface area contributed by atoms with E-state index in [9.17, 15) is 0 Å². The van der Waals surface area contributed by atoms with Crippen molar-refractivity contribution in [2.45, 2.75) is 12.0 Å². The molecule has 0 aliphatic carbocycles. The Kier molecular flexibility index (Phi) is 10.8. The van der Waals surface area contributed by atoms with E-state index in [1.54, 1.807) is 6.08 Å². The molecule has 2 nitrogen and oxygen atoms in total. The zero-order chi connectivity index (χ0) is 44.4. The number of benzene rings is 9. The lowest BCUT2D eigenvalue weighted by atomic mass is 9.80. The molecule has 0 saturated carbocycles. The molecule has 9 aromatic carbocycles. The van der Waals surface area contributed by atoms with Crippen molar-refractivity contribution >= 4 is 39.6 Å². The highest BCUT2D eigenvalue weighted by molar-refractivity contribution is 6.11. The molecule has 0 saturated heterocycles. The van der Waals surface area contributed by atoms with Crippen LogP contribution in [0.15, 0.2) is 268 Å². The van der Waals surface area contributed by atoms with E-state index in [2.05, 4.69) is 260 Å². The molecule has 0 fully saturated rings. The van der Waals surface area contributed by atoms with Crippen molar-refractivity contribution in [3.05, 3.63) is 296 Å². The Morgan fingerprint density at radius 2 is 0.864 bits per heavy atom. The summed E-state index contributed by atoms with van der Waals surface area (Å²) in [5.74, 6) is 0.0588. The van der Waals surface area contributed by atoms with Crippen LogP contribution < -0.4 is 9.80 Å². The Morgan fingerprint density at radius 3 is 1.42 bits per heavy atom. The van der Waals surface area contributed by atoms with Gasteiger partial charge in [0, 0.05) is 39.8 Å². The minimum atomic E-state index is 0.0409. The third-order valence-electron chi connectivity index (χ3n) is 13.2. The number of nitrogens with zero attached hydrogens (tertiary/aromatic N) is 2. The van der Waals surface area contributed by atoms with Gasteiger partial charge in [-0.05, 0) is 104 Å². The van der Waals surface area contributed by atoms with Gasteiger partial charge < -0.3 is 9.80 Å². The van der Waals surface area contributed by atoms with Crippen molar-refractivity contribution in [2.75, 3.05) is 9.80 Å². The van der Waals surface area contributed by atoms with Crippen molar-refractivity contribution in [3.8, 4) is 33.4 Å². The van der Waals surface area contributed by atoms with Gasteiger partial charge in [-0.2, -0.15) is 0 Å². The molecule has 66 heavy (non-hydrogen) atoms. The first-order valence-corrected chi connectivity index (χ1v) is 22.7. The molecule has 0 bridgehead atoms. The zero-order valence-electron chi connectivity index (χ0n) is 36.7. The average molecular weight is 845 g/mol. The second-order valence-corrected chi connectivity index (χ2v) is 16.9. The number of allylic oxidation sites excluding steroid dienone is 4. The summed E-state index contributed by atoms with van der Waals surface area (Å²) in [5.41, 5.74) is 21.6. The van der Waals surface area contributed by atoms with E-state index < -0.39 is 0 Å². The highest BCUT2D eigenvalue weighted by Gasteiger charge is 2.46. The summed E-state index contributed by atoms with van der Waals surface area (Å²) in [5, 5.41) is 0. The van der Waals surface area contributed by atoms with Crippen LogP contribution in [0.5, 0.6) is 0 Å². The third-order valence-corrected chi connectivity index (χ3v) is 13.2. The Balaban J connectivity index is 0.980. The van der Waals surface area contributed by atoms with Gasteiger partial charge in [-0.15, -0.1) is 0 Å². The molecule has 314 valence electrons. The molecule has 2 heteroatoms. The lowest BCUT2D eigenvalue weighted by molar-refractivity contribution is 0.670. The minimum Gasteiger partial charge on any atom is -0.332 e. The highest BCUT2D eigenvalue weighted by atomic mass is 15.2. The van der Waals surface area contributed by atoms with Crippen molar-refractivity contribution in [1.82, 2.24) is 0 Å². The lowest BCUT2D eigenvalue weighted by Gasteiger charge is -2.38. The Bertz CT molecular complexity index is 3240. The van der Waals surface area contributed by atoms with Crippen molar-refractivity contribution in [3.63, 3.8) is 0 Å². The molecule has 0 spiro atoms. The fraction of sp³-hybridized carbons (Fsp3) is 0.0312. The molecule has 11 rings (SSSR count). The second kappa shape index (κ2) is 17.6. The number of para-hydroxylation sites is 1. The van der Waals surface area contributed by atoms with Crippen molar-refractivity contribution in [2.24, 2.45) is 0 Å². The topological polar surface area (TPSA) is 6.48 Å². The van der Waals surface area contributed by atoms with Crippen LogP contribution in [0.1, 0.15) is 39.8 Å². The van der Waals surface area contributed by atoms with E-state index in [4.69, 9.17) is 0 Å². The van der Waals surface area contributed by atoms with Crippen LogP contribution in [0.3, 0.4) is 0 Å². The molecule has 2 atom stereocenters. The van der Waals surface area contributed by atoms with Crippen LogP contribution in [-0.4, -0.2) is 0 Å². The van der Waals surface area contributed by atoms with Crippen molar-refractivity contribution in [1.29, 1.82) is 0 Å². The van der Waals surface area contributed by atoms with E-state index in [0.717, 1.165) is 33.8 Å². The van der Waals surface area contributed by atoms with Gasteiger partial charge in [-0.1, -0.05) is 226 Å². The van der Waals surface area contributed by atoms with Crippen molar-refractivity contribution < 1.29 is 0 Å². The molecule has 0 N–H and O–H groups in total. The summed E-state index contributed by atoms with van der Waals surface area (Å²) in [6, 6.07) is 86.4. The van der Waals surface area contributed by atoms with E-state index in [-0.39, 0.29) is 12.0 Å². The Morgan fingerprint density at radius 1 is 0.409 bits per heavy atom. The predicted molar refractivity (Wildman–Crippen MR) is 280 cm³/mol. The van der Waals surface area contributed by atoms with Crippen LogP contribution in [0.2, 0.25) is 0 Å². The number of anilines is 4. The maximum atomic E-state index is 4.03. The fourth-order valence-corrected chi connectivity index (χ4v) is 10.2. The van der Waals surface area contributed by atoms with Gasteiger partial charge in [0.2, 0.25) is 0 Å². The van der Waals surface area contributed by atoms with Gasteiger partial charge >= 0.3 is 0 Å². The summed E-state index contributed by atoms with van der Waals surface area (Å²) < 4.78 is 0. The number of hydrogen-bond donors (Lipinski definition) is 0. The molecule has 2 aliphatic rings. The summed E-state index contributed by atoms with van der Waals surface area (Å²) >= 11 is 0. The highest BCUT2D eigenvalue weighted by Crippen LogP contribution is 2.61. The number of rotatable bonds is 11. The SMILES string of the molecule is C=C/C=C(\C=C)c1ccc(N(c2ccc(-c3ccccc3)cc2)c2ccc(-c3ccc(C4C(c5ccccc5)=C5c6ccccc6-c6ccccc6N5C4c4ccccc4)cc3)cc2)cc1. The van der Waals surface area contributed by atoms with Crippen LogP contribution in [0, 0.1) is 0 Å². The Labute approximate surface area is 388 Å². The normalized spacial score (nSPS) is 15.1. The summed E-state index contributed by atoms with van der Waals surface area (Å²) in [4.78, 5) is 4.96. The molecule has 0 amide bonds. The molecule has 2 unspecified atom stereocenters. The van der Waals surface area contributed by atoms with Crippen LogP contribution in [-0.2, 0) is 0 Å². The first-order chi connectivity index (χ1) is 32.7. The van der Waals surface area contributed by atoms with Gasteiger partial charge in [0.1, 0.15) is 0 Å². The smallest absolute Gasteiger partial charge is 0.0702 e. The third kappa shape index (κ3) is 7.29. The van der Waals surface area contributed by atoms with Gasteiger partial charge in [-0.3, -0.25) is 0 Å². The molecule has 2 aliphatic heterocycles. The van der Waals surface area contributed by atoms with Gasteiger partial charge in [0.05, 0.1) is 11.7 Å². The standard InChI is InChI=1S/C64H48N2/c1-3-18-45(4-2)47-33-39-54(40-34-47)65(55-41-35-49(36-42-55)46-19-8-5-9-20-46)56-43-37-50(38-44-56)48-29-31-52(32-30-48)61-62(51-21-10-6-11-22-51)64-59-27-15-14-25-57(59)58-26-16-17-28-60(58)66(64)63(61)53-23-12-7-13-24-53/h3-44,61,63H,1-2H2/b45-18+. The number of hydrogen-bond acceptors (Lipinski definition) is 2. The molecular formula is C64H48N2. The van der Waals surface area contributed by atoms with Gasteiger partial charge in [0.15, 0.2) is 0 Å². The largest absolute Gasteiger partial charge is 0.332 e. The maximum absolute atomic E-state index is 4.03. The zero-order valence-corrected chi connectivity index (χ0v) is 36.7. The quantitative estimate of drug-likeness (QED) is 0.120. The lowest BCUT2D eigenvalue weighted by Crippen LogP contribution is -2.28. The van der Waals surface area contributed by atoms with E-state index in [1.807, 2.05) is 12.2 Å². The monoisotopic (exact) mass is 844 g/mol. The summed E-state index contributed by atoms with van der Waals surface area (Å²) in [6.07, 6.45) is 5.67. The van der Waals surface area contributed by atoms with Crippen LogP contribution in [0.25, 0.3) is 50.2 Å². The fourth-order valence-electron chi connectivity index (χ4n) is 10.2. The summed E-state index contributed by atoms with van der Waals surface area (Å²) in [7, 11) is 0. The average Bonchev–Trinajstić information content (AvgIpc) is 3.76. The first-order valence-electron chi connectivity index (χ1n) is 22.7. The molecule has 0 aromatic heterocycles. The Hall–Kier alpha value is -8.46. The van der Waals surface area contributed by atoms with Crippen LogP contribution >= 0.6 is 0 Å². The summed E-state index contributed by atoms with van der Waals surface area (Å²) in [6.45, 7) is 7.93. The molecule has 9 aromatic rings. The van der Waals surface area contributed by atoms with E-state index >= 15 is 0 Å². The van der Waals surface area contributed by atoms with E-state index in [0.29, 0.717) is 0 Å². The number of fused-ring (bicyclic) bond motifs is 6. The second-order valence-electron chi connectivity index (χ2n) is 16.9. The molecule has 2 heterocycles. The minimum absolute atomic E-state index is 0.0409. The first kappa shape index (κ1) is 40.3. The van der Waals surface area contributed by atoms with Gasteiger partial charge in [-0.25, -0.2) is 0 Å².